The van der Waals surface area contributed by atoms with Gasteiger partial charge in [-0.15, -0.1) is 0 Å². The summed E-state index contributed by atoms with van der Waals surface area (Å²) in [7, 11) is 0. The lowest BCUT2D eigenvalue weighted by Crippen LogP contribution is -2.43. The molecule has 0 bridgehead atoms. The van der Waals surface area contributed by atoms with Crippen molar-refractivity contribution in [1.29, 1.82) is 0 Å². The molecule has 0 aliphatic carbocycles. The minimum Gasteiger partial charge on any atom is -0.480 e. The minimum atomic E-state index is -1.35. The van der Waals surface area contributed by atoms with Gasteiger partial charge in [-0.25, -0.2) is 4.79 Å². The van der Waals surface area contributed by atoms with E-state index in [1.165, 1.54) is 18.5 Å². The SMILES string of the molecule is O=C(N[C@H](CO)C(=O)O)c1cccc2nccnc12. The summed E-state index contributed by atoms with van der Waals surface area (Å²) < 4.78 is 0. The standard InChI is InChI=1S/C12H11N3O4/c16-6-9(12(18)19)15-11(17)7-2-1-3-8-10(7)14-5-4-13-8/h1-5,9,16H,6H2,(H,15,17)(H,18,19)/t9-/m1/s1. The number of carbonyl (C=O) groups excluding carboxylic acids is 1. The van der Waals surface area contributed by atoms with Crippen LogP contribution in [0.25, 0.3) is 11.0 Å². The number of aliphatic carboxylic acids is 1. The normalized spacial score (nSPS) is 12.1. The number of nitrogens with one attached hydrogen (secondary N) is 1. The Kier molecular flexibility index (Phi) is 3.67. The van der Waals surface area contributed by atoms with E-state index >= 15 is 0 Å². The molecule has 1 atom stereocenters. The molecule has 1 heterocycles. The van der Waals surface area contributed by atoms with E-state index in [1.54, 1.807) is 12.1 Å². The van der Waals surface area contributed by atoms with E-state index in [4.69, 9.17) is 10.2 Å². The van der Waals surface area contributed by atoms with Crippen LogP contribution in [0.3, 0.4) is 0 Å². The maximum Gasteiger partial charge on any atom is 0.328 e. The Morgan fingerprint density at radius 2 is 2.00 bits per heavy atom. The summed E-state index contributed by atoms with van der Waals surface area (Å²) in [5.74, 6) is -1.92. The van der Waals surface area contributed by atoms with Gasteiger partial charge in [0, 0.05) is 12.4 Å². The number of aliphatic hydroxyl groups is 1. The first-order valence-corrected chi connectivity index (χ1v) is 5.47. The van der Waals surface area contributed by atoms with Crippen LogP contribution in [0.1, 0.15) is 10.4 Å². The molecule has 2 rings (SSSR count). The smallest absolute Gasteiger partial charge is 0.328 e. The van der Waals surface area contributed by atoms with Crippen LogP contribution < -0.4 is 5.32 Å². The number of amides is 1. The molecule has 0 aliphatic heterocycles. The van der Waals surface area contributed by atoms with E-state index in [-0.39, 0.29) is 5.56 Å². The fourth-order valence-corrected chi connectivity index (χ4v) is 1.60. The third kappa shape index (κ3) is 2.66. The molecule has 7 heteroatoms. The third-order valence-electron chi connectivity index (χ3n) is 2.53. The molecule has 0 radical (unpaired) electrons. The van der Waals surface area contributed by atoms with Crippen molar-refractivity contribution >= 4 is 22.9 Å². The first-order valence-electron chi connectivity index (χ1n) is 5.47. The molecule has 1 amide bonds. The second-order valence-corrected chi connectivity index (χ2v) is 3.78. The summed E-state index contributed by atoms with van der Waals surface area (Å²) in [6.07, 6.45) is 2.94. The summed E-state index contributed by atoms with van der Waals surface area (Å²) in [6, 6.07) is 3.49. The van der Waals surface area contributed by atoms with Gasteiger partial charge in [0.25, 0.3) is 5.91 Å². The van der Waals surface area contributed by atoms with Gasteiger partial charge in [0.05, 0.1) is 17.7 Å². The predicted molar refractivity (Wildman–Crippen MR) is 65.5 cm³/mol. The van der Waals surface area contributed by atoms with Gasteiger partial charge >= 0.3 is 5.97 Å². The zero-order chi connectivity index (χ0) is 13.8. The highest BCUT2D eigenvalue weighted by Gasteiger charge is 2.21. The number of carboxylic acid groups (broad SMARTS) is 1. The molecule has 7 nitrogen and oxygen atoms in total. The first kappa shape index (κ1) is 12.9. The Hall–Kier alpha value is -2.54. The molecule has 0 saturated heterocycles. The topological polar surface area (TPSA) is 112 Å². The van der Waals surface area contributed by atoms with Gasteiger partial charge in [-0.05, 0) is 12.1 Å². The van der Waals surface area contributed by atoms with Crippen LogP contribution in [0.5, 0.6) is 0 Å². The second kappa shape index (κ2) is 5.40. The maximum absolute atomic E-state index is 12.0. The zero-order valence-corrected chi connectivity index (χ0v) is 9.78. The van der Waals surface area contributed by atoms with Crippen LogP contribution in [0.4, 0.5) is 0 Å². The predicted octanol–water partition coefficient (Wildman–Crippen LogP) is -0.195. The fourth-order valence-electron chi connectivity index (χ4n) is 1.60. The molecular formula is C12H11N3O4. The Balaban J connectivity index is 2.34. The highest BCUT2D eigenvalue weighted by Crippen LogP contribution is 2.13. The molecule has 3 N–H and O–H groups in total. The molecular weight excluding hydrogens is 250 g/mol. The van der Waals surface area contributed by atoms with E-state index in [1.807, 2.05) is 0 Å². The summed E-state index contributed by atoms with van der Waals surface area (Å²) in [5, 5.41) is 19.9. The molecule has 0 unspecified atom stereocenters. The van der Waals surface area contributed by atoms with Crippen LogP contribution in [0.15, 0.2) is 30.6 Å². The number of hydrogen-bond acceptors (Lipinski definition) is 5. The molecule has 1 aromatic heterocycles. The Morgan fingerprint density at radius 3 is 2.68 bits per heavy atom. The van der Waals surface area contributed by atoms with E-state index in [0.717, 1.165) is 0 Å². The van der Waals surface area contributed by atoms with Gasteiger partial charge in [0.15, 0.2) is 6.04 Å². The van der Waals surface area contributed by atoms with Gasteiger partial charge < -0.3 is 15.5 Å². The molecule has 2 aromatic rings. The van der Waals surface area contributed by atoms with Crippen LogP contribution in [-0.4, -0.2) is 44.7 Å². The number of para-hydroxylation sites is 1. The number of nitrogens with zero attached hydrogens (tertiary/aromatic N) is 2. The lowest BCUT2D eigenvalue weighted by atomic mass is 10.1. The van der Waals surface area contributed by atoms with Crippen LogP contribution in [0.2, 0.25) is 0 Å². The second-order valence-electron chi connectivity index (χ2n) is 3.78. The molecule has 98 valence electrons. The van der Waals surface area contributed by atoms with Crippen molar-refractivity contribution in [3.63, 3.8) is 0 Å². The number of aliphatic hydroxyl groups excluding tert-OH is 1. The van der Waals surface area contributed by atoms with Crippen LogP contribution >= 0.6 is 0 Å². The van der Waals surface area contributed by atoms with Gasteiger partial charge in [0.1, 0.15) is 5.52 Å². The molecule has 1 aromatic carbocycles. The van der Waals surface area contributed by atoms with E-state index in [9.17, 15) is 9.59 Å². The number of aromatic nitrogens is 2. The number of carbonyl (C=O) groups is 2. The number of fused-ring (bicyclic) bond motifs is 1. The van der Waals surface area contributed by atoms with Crippen molar-refractivity contribution in [3.8, 4) is 0 Å². The lowest BCUT2D eigenvalue weighted by Gasteiger charge is -2.12. The van der Waals surface area contributed by atoms with Crippen molar-refractivity contribution in [2.24, 2.45) is 0 Å². The monoisotopic (exact) mass is 261 g/mol. The fraction of sp³-hybridized carbons (Fsp3) is 0.167. The van der Waals surface area contributed by atoms with Crippen molar-refractivity contribution in [2.75, 3.05) is 6.61 Å². The van der Waals surface area contributed by atoms with Crippen LogP contribution in [-0.2, 0) is 4.79 Å². The van der Waals surface area contributed by atoms with E-state index < -0.39 is 24.5 Å². The number of carboxylic acids is 1. The van der Waals surface area contributed by atoms with Crippen LogP contribution in [0, 0.1) is 0 Å². The van der Waals surface area contributed by atoms with Crippen molar-refractivity contribution in [1.82, 2.24) is 15.3 Å². The Morgan fingerprint density at radius 1 is 1.26 bits per heavy atom. The molecule has 0 aliphatic rings. The van der Waals surface area contributed by atoms with Gasteiger partial charge in [-0.2, -0.15) is 0 Å². The Bertz CT molecular complexity index is 624. The average Bonchev–Trinajstić information content (AvgIpc) is 2.43. The van der Waals surface area contributed by atoms with Gasteiger partial charge in [-0.1, -0.05) is 6.07 Å². The number of benzene rings is 1. The first-order chi connectivity index (χ1) is 9.13. The quantitative estimate of drug-likeness (QED) is 0.703. The summed E-state index contributed by atoms with van der Waals surface area (Å²) in [4.78, 5) is 30.8. The van der Waals surface area contributed by atoms with Crippen molar-refractivity contribution in [3.05, 3.63) is 36.2 Å². The molecule has 0 spiro atoms. The molecule has 0 fully saturated rings. The van der Waals surface area contributed by atoms with Gasteiger partial charge in [0.2, 0.25) is 0 Å². The van der Waals surface area contributed by atoms with E-state index in [2.05, 4.69) is 15.3 Å². The zero-order valence-electron chi connectivity index (χ0n) is 9.78. The number of rotatable bonds is 4. The highest BCUT2D eigenvalue weighted by atomic mass is 16.4. The number of hydrogen-bond donors (Lipinski definition) is 3. The minimum absolute atomic E-state index is 0.213. The van der Waals surface area contributed by atoms with Crippen molar-refractivity contribution in [2.45, 2.75) is 6.04 Å². The third-order valence-corrected chi connectivity index (χ3v) is 2.53. The van der Waals surface area contributed by atoms with Gasteiger partial charge in [-0.3, -0.25) is 14.8 Å². The molecule has 19 heavy (non-hydrogen) atoms. The van der Waals surface area contributed by atoms with Crippen molar-refractivity contribution < 1.29 is 19.8 Å². The summed E-state index contributed by atoms with van der Waals surface area (Å²) in [5.41, 5.74) is 1.13. The van der Waals surface area contributed by atoms with E-state index in [0.29, 0.717) is 11.0 Å². The molecule has 0 saturated carbocycles. The maximum atomic E-state index is 12.0. The summed E-state index contributed by atoms with van der Waals surface area (Å²) >= 11 is 0. The Labute approximate surface area is 107 Å². The average molecular weight is 261 g/mol. The highest BCUT2D eigenvalue weighted by molar-refractivity contribution is 6.05. The lowest BCUT2D eigenvalue weighted by molar-refractivity contribution is -0.140. The summed E-state index contributed by atoms with van der Waals surface area (Å²) in [6.45, 7) is -0.683. The largest absolute Gasteiger partial charge is 0.480 e.